The number of carbonyl (C=O) groups is 1. The van der Waals surface area contributed by atoms with Crippen molar-refractivity contribution < 1.29 is 4.79 Å². The standard InChI is InChI=1S/C19H22N2OS.ClH/c1-13(2)15-10-7-14(8-11-15)9-12-18(22)21-19-20-16-5-3-4-6-17(16)23-19;/h7-13H,3-6H2,1-2H3,(H,20,21,22);1H/b12-9+;. The number of anilines is 1. The van der Waals surface area contributed by atoms with E-state index in [1.807, 2.05) is 18.2 Å². The van der Waals surface area contributed by atoms with Crippen LogP contribution in [0.5, 0.6) is 0 Å². The first kappa shape index (κ1) is 18.7. The van der Waals surface area contributed by atoms with Crippen molar-refractivity contribution in [1.29, 1.82) is 0 Å². The van der Waals surface area contributed by atoms with Crippen LogP contribution in [0.15, 0.2) is 30.3 Å². The van der Waals surface area contributed by atoms with E-state index in [1.54, 1.807) is 17.4 Å². The van der Waals surface area contributed by atoms with E-state index >= 15 is 0 Å². The predicted molar refractivity (Wildman–Crippen MR) is 104 cm³/mol. The van der Waals surface area contributed by atoms with E-state index < -0.39 is 0 Å². The Morgan fingerprint density at radius 2 is 1.92 bits per heavy atom. The fourth-order valence-corrected chi connectivity index (χ4v) is 3.77. The molecule has 3 rings (SSSR count). The smallest absolute Gasteiger partial charge is 0.250 e. The van der Waals surface area contributed by atoms with Crippen molar-refractivity contribution >= 4 is 40.9 Å². The maximum absolute atomic E-state index is 12.0. The van der Waals surface area contributed by atoms with Gasteiger partial charge < -0.3 is 0 Å². The average Bonchev–Trinajstić information content (AvgIpc) is 2.95. The highest BCUT2D eigenvalue weighted by Crippen LogP contribution is 2.29. The number of benzene rings is 1. The molecule has 1 aliphatic carbocycles. The summed E-state index contributed by atoms with van der Waals surface area (Å²) in [5, 5.41) is 3.60. The Hall–Kier alpha value is -1.65. The molecule has 0 bridgehead atoms. The number of aryl methyl sites for hydroxylation is 2. The van der Waals surface area contributed by atoms with Crippen LogP contribution >= 0.6 is 23.7 Å². The number of rotatable bonds is 4. The molecular weight excluding hydrogens is 340 g/mol. The van der Waals surface area contributed by atoms with Gasteiger partial charge in [0.25, 0.3) is 0 Å². The van der Waals surface area contributed by atoms with E-state index in [4.69, 9.17) is 0 Å². The van der Waals surface area contributed by atoms with E-state index in [9.17, 15) is 4.79 Å². The number of nitrogens with one attached hydrogen (secondary N) is 1. The van der Waals surface area contributed by atoms with Crippen molar-refractivity contribution in [2.75, 3.05) is 5.32 Å². The van der Waals surface area contributed by atoms with Crippen molar-refractivity contribution in [3.8, 4) is 0 Å². The van der Waals surface area contributed by atoms with Crippen molar-refractivity contribution in [1.82, 2.24) is 4.98 Å². The molecule has 1 aliphatic rings. The van der Waals surface area contributed by atoms with Gasteiger partial charge in [-0.15, -0.1) is 23.7 Å². The molecule has 1 N–H and O–H groups in total. The summed E-state index contributed by atoms with van der Waals surface area (Å²) in [6.45, 7) is 4.35. The summed E-state index contributed by atoms with van der Waals surface area (Å²) in [5.74, 6) is 0.399. The van der Waals surface area contributed by atoms with E-state index in [1.165, 1.54) is 29.0 Å². The number of amides is 1. The van der Waals surface area contributed by atoms with Crippen molar-refractivity contribution in [3.05, 3.63) is 52.0 Å². The van der Waals surface area contributed by atoms with Crippen molar-refractivity contribution in [3.63, 3.8) is 0 Å². The Kier molecular flexibility index (Phi) is 6.58. The normalized spacial score (nSPS) is 13.6. The second kappa shape index (κ2) is 8.45. The molecule has 5 heteroatoms. The molecule has 1 heterocycles. The highest BCUT2D eigenvalue weighted by atomic mass is 35.5. The second-order valence-corrected chi connectivity index (χ2v) is 7.32. The van der Waals surface area contributed by atoms with E-state index in [0.29, 0.717) is 5.92 Å². The van der Waals surface area contributed by atoms with Crippen LogP contribution in [0.2, 0.25) is 0 Å². The van der Waals surface area contributed by atoms with Crippen LogP contribution in [0.4, 0.5) is 5.13 Å². The summed E-state index contributed by atoms with van der Waals surface area (Å²) in [6.07, 6.45) is 7.99. The zero-order chi connectivity index (χ0) is 16.2. The third kappa shape index (κ3) is 4.68. The fourth-order valence-electron chi connectivity index (χ4n) is 2.72. The van der Waals surface area contributed by atoms with E-state index in [-0.39, 0.29) is 18.3 Å². The van der Waals surface area contributed by atoms with Gasteiger partial charge in [0.15, 0.2) is 5.13 Å². The first-order valence-corrected chi connectivity index (χ1v) is 9.01. The largest absolute Gasteiger partial charge is 0.298 e. The fraction of sp³-hybridized carbons (Fsp3) is 0.368. The number of hydrogen-bond donors (Lipinski definition) is 1. The molecule has 0 atom stereocenters. The van der Waals surface area contributed by atoms with Crippen LogP contribution in [0.1, 0.15) is 54.3 Å². The van der Waals surface area contributed by atoms with Crippen LogP contribution in [0, 0.1) is 0 Å². The molecule has 0 saturated heterocycles. The van der Waals surface area contributed by atoms with Crippen LogP contribution in [-0.4, -0.2) is 10.9 Å². The van der Waals surface area contributed by atoms with Gasteiger partial charge in [0.1, 0.15) is 0 Å². The van der Waals surface area contributed by atoms with Gasteiger partial charge in [0, 0.05) is 11.0 Å². The quantitative estimate of drug-likeness (QED) is 0.757. The second-order valence-electron chi connectivity index (χ2n) is 6.24. The van der Waals surface area contributed by atoms with Crippen molar-refractivity contribution in [2.24, 2.45) is 0 Å². The maximum Gasteiger partial charge on any atom is 0.250 e. The number of hydrogen-bond acceptors (Lipinski definition) is 3. The lowest BCUT2D eigenvalue weighted by Gasteiger charge is -2.06. The minimum Gasteiger partial charge on any atom is -0.298 e. The monoisotopic (exact) mass is 362 g/mol. The molecule has 3 nitrogen and oxygen atoms in total. The van der Waals surface area contributed by atoms with Gasteiger partial charge in [0.2, 0.25) is 5.91 Å². The molecule has 2 aromatic rings. The molecule has 0 unspecified atom stereocenters. The molecular formula is C19H23ClN2OS. The molecule has 1 aromatic heterocycles. The molecule has 128 valence electrons. The van der Waals surface area contributed by atoms with Gasteiger partial charge >= 0.3 is 0 Å². The molecule has 0 saturated carbocycles. The van der Waals surface area contributed by atoms with Gasteiger partial charge in [-0.3, -0.25) is 10.1 Å². The molecule has 0 radical (unpaired) electrons. The van der Waals surface area contributed by atoms with E-state index in [2.05, 4.69) is 36.3 Å². The van der Waals surface area contributed by atoms with E-state index in [0.717, 1.165) is 23.5 Å². The Morgan fingerprint density at radius 1 is 1.21 bits per heavy atom. The number of thiazole rings is 1. The third-order valence-corrected chi connectivity index (χ3v) is 5.18. The zero-order valence-corrected chi connectivity index (χ0v) is 15.7. The highest BCUT2D eigenvalue weighted by Gasteiger charge is 2.15. The topological polar surface area (TPSA) is 42.0 Å². The number of fused-ring (bicyclic) bond motifs is 1. The summed E-state index contributed by atoms with van der Waals surface area (Å²) >= 11 is 1.61. The lowest BCUT2D eigenvalue weighted by Crippen LogP contribution is -2.07. The molecule has 1 amide bonds. The number of aromatic nitrogens is 1. The maximum atomic E-state index is 12.0. The lowest BCUT2D eigenvalue weighted by molar-refractivity contribution is -0.111. The average molecular weight is 363 g/mol. The van der Waals surface area contributed by atoms with Gasteiger partial charge in [-0.25, -0.2) is 4.98 Å². The Balaban J connectivity index is 0.00000208. The van der Waals surface area contributed by atoms with Crippen LogP contribution in [0.3, 0.4) is 0 Å². The van der Waals surface area contributed by atoms with Gasteiger partial charge in [0.05, 0.1) is 5.69 Å². The van der Waals surface area contributed by atoms with Crippen LogP contribution in [0.25, 0.3) is 6.08 Å². The van der Waals surface area contributed by atoms with Gasteiger partial charge in [-0.2, -0.15) is 0 Å². The molecule has 0 fully saturated rings. The molecule has 24 heavy (non-hydrogen) atoms. The first-order chi connectivity index (χ1) is 11.1. The van der Waals surface area contributed by atoms with Crippen LogP contribution in [-0.2, 0) is 17.6 Å². The van der Waals surface area contributed by atoms with Gasteiger partial charge in [-0.05, 0) is 48.8 Å². The van der Waals surface area contributed by atoms with Crippen molar-refractivity contribution in [2.45, 2.75) is 45.4 Å². The minimum atomic E-state index is -0.121. The SMILES string of the molecule is CC(C)c1ccc(/C=C/C(=O)Nc2nc3c(s2)CCCC3)cc1.Cl. The zero-order valence-electron chi connectivity index (χ0n) is 14.0. The summed E-state index contributed by atoms with van der Waals surface area (Å²) in [7, 11) is 0. The molecule has 0 spiro atoms. The number of nitrogens with zero attached hydrogens (tertiary/aromatic N) is 1. The number of carbonyl (C=O) groups excluding carboxylic acids is 1. The van der Waals surface area contributed by atoms with Crippen LogP contribution < -0.4 is 5.32 Å². The minimum absolute atomic E-state index is 0. The Morgan fingerprint density at radius 3 is 2.58 bits per heavy atom. The summed E-state index contributed by atoms with van der Waals surface area (Å²) < 4.78 is 0. The summed E-state index contributed by atoms with van der Waals surface area (Å²) in [5.41, 5.74) is 3.51. The third-order valence-electron chi connectivity index (χ3n) is 4.11. The molecule has 0 aliphatic heterocycles. The molecule has 1 aromatic carbocycles. The summed E-state index contributed by atoms with van der Waals surface area (Å²) in [6, 6.07) is 8.30. The Bertz CT molecular complexity index is 696. The summed E-state index contributed by atoms with van der Waals surface area (Å²) in [4.78, 5) is 17.9. The first-order valence-electron chi connectivity index (χ1n) is 8.19. The van der Waals surface area contributed by atoms with Gasteiger partial charge in [-0.1, -0.05) is 38.1 Å². The Labute approximate surface area is 153 Å². The predicted octanol–water partition coefficient (Wildman–Crippen LogP) is 5.22. The lowest BCUT2D eigenvalue weighted by atomic mass is 10.0. The highest BCUT2D eigenvalue weighted by molar-refractivity contribution is 7.15. The number of halogens is 1.